The monoisotopic (exact) mass is 303 g/mol. The van der Waals surface area contributed by atoms with Gasteiger partial charge >= 0.3 is 0 Å². The Kier molecular flexibility index (Phi) is 3.29. The molecule has 3 heterocycles. The van der Waals surface area contributed by atoms with Gasteiger partial charge in [-0.3, -0.25) is 9.78 Å². The first-order valence-electron chi connectivity index (χ1n) is 6.70. The summed E-state index contributed by atoms with van der Waals surface area (Å²) in [6, 6.07) is 4.03. The summed E-state index contributed by atoms with van der Waals surface area (Å²) in [7, 11) is 0. The maximum atomic E-state index is 12.1. The van der Waals surface area contributed by atoms with Crippen LogP contribution >= 0.6 is 11.3 Å². The number of H-pyrrole nitrogens is 1. The van der Waals surface area contributed by atoms with E-state index in [4.69, 9.17) is 0 Å². The molecule has 21 heavy (non-hydrogen) atoms. The van der Waals surface area contributed by atoms with Gasteiger partial charge in [-0.2, -0.15) is 10.1 Å². The van der Waals surface area contributed by atoms with Crippen molar-refractivity contribution in [1.29, 1.82) is 0 Å². The minimum absolute atomic E-state index is 0.177. The predicted octanol–water partition coefficient (Wildman–Crippen LogP) is 2.55. The van der Waals surface area contributed by atoms with Crippen LogP contribution in [0.5, 0.6) is 0 Å². The average Bonchev–Trinajstić information content (AvgIpc) is 3.04. The van der Waals surface area contributed by atoms with E-state index in [1.54, 1.807) is 22.2 Å². The molecule has 0 fully saturated rings. The van der Waals surface area contributed by atoms with Crippen molar-refractivity contribution >= 4 is 28.3 Å². The molecule has 0 aromatic carbocycles. The van der Waals surface area contributed by atoms with E-state index in [1.165, 1.54) is 4.88 Å². The molecule has 0 saturated carbocycles. The van der Waals surface area contributed by atoms with Crippen molar-refractivity contribution in [2.45, 2.75) is 32.9 Å². The van der Waals surface area contributed by atoms with Crippen molar-refractivity contribution in [2.75, 3.05) is 5.32 Å². The Morgan fingerprint density at radius 2 is 2.24 bits per heavy atom. The summed E-state index contributed by atoms with van der Waals surface area (Å²) in [4.78, 5) is 20.5. The van der Waals surface area contributed by atoms with Gasteiger partial charge in [-0.15, -0.1) is 11.3 Å². The lowest BCUT2D eigenvalue weighted by Crippen LogP contribution is -2.24. The van der Waals surface area contributed by atoms with Gasteiger partial charge in [0.25, 0.3) is 5.56 Å². The van der Waals surface area contributed by atoms with Crippen molar-refractivity contribution in [3.8, 4) is 0 Å². The number of anilines is 1. The lowest BCUT2D eigenvalue weighted by Gasteiger charge is -2.19. The average molecular weight is 303 g/mol. The van der Waals surface area contributed by atoms with Crippen LogP contribution < -0.4 is 10.9 Å². The minimum Gasteiger partial charge on any atom is -0.351 e. The highest BCUT2D eigenvalue weighted by molar-refractivity contribution is 7.09. The highest BCUT2D eigenvalue weighted by Crippen LogP contribution is 2.19. The third-order valence-corrected chi connectivity index (χ3v) is 3.96. The maximum absolute atomic E-state index is 12.1. The van der Waals surface area contributed by atoms with E-state index in [1.807, 2.05) is 38.3 Å². The standard InChI is InChI=1S/C14H17N5OS/c1-14(2,3)19-11-10(8-16-19)12(20)18-13(17-11)15-7-9-5-4-6-21-9/h4-6,8H,7H2,1-3H3,(H2,15,17,18,20). The fourth-order valence-electron chi connectivity index (χ4n) is 2.08. The molecule has 0 bridgehead atoms. The summed E-state index contributed by atoms with van der Waals surface area (Å²) in [5, 5.41) is 9.96. The zero-order valence-electron chi connectivity index (χ0n) is 12.2. The number of nitrogens with zero attached hydrogens (tertiary/aromatic N) is 3. The SMILES string of the molecule is CC(C)(C)n1ncc2c(=O)[nH]c(NCc3cccs3)nc21. The van der Waals surface area contributed by atoms with E-state index in [2.05, 4.69) is 20.4 Å². The topological polar surface area (TPSA) is 75.6 Å². The zero-order valence-corrected chi connectivity index (χ0v) is 13.0. The first kappa shape index (κ1) is 13.8. The molecule has 0 atom stereocenters. The number of aromatic nitrogens is 4. The van der Waals surface area contributed by atoms with Gasteiger partial charge in [0, 0.05) is 4.88 Å². The number of fused-ring (bicyclic) bond motifs is 1. The van der Waals surface area contributed by atoms with Crippen LogP contribution in [0.1, 0.15) is 25.6 Å². The molecule has 0 aliphatic carbocycles. The van der Waals surface area contributed by atoms with Gasteiger partial charge in [0.1, 0.15) is 5.39 Å². The minimum atomic E-state index is -0.229. The maximum Gasteiger partial charge on any atom is 0.263 e. The number of thiophene rings is 1. The Hall–Kier alpha value is -2.15. The fraction of sp³-hybridized carbons (Fsp3) is 0.357. The number of rotatable bonds is 3. The summed E-state index contributed by atoms with van der Waals surface area (Å²) in [5.41, 5.74) is 0.192. The van der Waals surface area contributed by atoms with Crippen LogP contribution in [0.4, 0.5) is 5.95 Å². The number of hydrogen-bond donors (Lipinski definition) is 2. The zero-order chi connectivity index (χ0) is 15.0. The van der Waals surface area contributed by atoms with Crippen molar-refractivity contribution in [2.24, 2.45) is 0 Å². The van der Waals surface area contributed by atoms with Gasteiger partial charge in [0.2, 0.25) is 5.95 Å². The molecule has 0 amide bonds. The van der Waals surface area contributed by atoms with Crippen LogP contribution in [-0.4, -0.2) is 19.7 Å². The molecule has 0 saturated heterocycles. The Labute approximate surface area is 125 Å². The largest absolute Gasteiger partial charge is 0.351 e. The van der Waals surface area contributed by atoms with Crippen molar-refractivity contribution in [3.63, 3.8) is 0 Å². The molecule has 0 radical (unpaired) electrons. The fourth-order valence-corrected chi connectivity index (χ4v) is 2.72. The highest BCUT2D eigenvalue weighted by atomic mass is 32.1. The third kappa shape index (κ3) is 2.69. The van der Waals surface area contributed by atoms with Gasteiger partial charge in [-0.05, 0) is 32.2 Å². The van der Waals surface area contributed by atoms with Crippen LogP contribution in [0.15, 0.2) is 28.5 Å². The first-order valence-corrected chi connectivity index (χ1v) is 7.58. The first-order chi connectivity index (χ1) is 9.95. The third-order valence-electron chi connectivity index (χ3n) is 3.08. The summed E-state index contributed by atoms with van der Waals surface area (Å²) in [5.74, 6) is 0.465. The van der Waals surface area contributed by atoms with Crippen molar-refractivity contribution in [1.82, 2.24) is 19.7 Å². The molecule has 0 unspecified atom stereocenters. The Balaban J connectivity index is 1.99. The lowest BCUT2D eigenvalue weighted by atomic mass is 10.1. The van der Waals surface area contributed by atoms with Crippen LogP contribution in [0.2, 0.25) is 0 Å². The molecule has 110 valence electrons. The van der Waals surface area contributed by atoms with E-state index >= 15 is 0 Å². The normalized spacial score (nSPS) is 12.0. The molecule has 2 N–H and O–H groups in total. The lowest BCUT2D eigenvalue weighted by molar-refractivity contribution is 0.366. The van der Waals surface area contributed by atoms with Gasteiger partial charge < -0.3 is 5.32 Å². The molecule has 0 aliphatic rings. The molecule has 0 aliphatic heterocycles. The van der Waals surface area contributed by atoms with Crippen molar-refractivity contribution in [3.05, 3.63) is 38.9 Å². The van der Waals surface area contributed by atoms with Crippen LogP contribution in [-0.2, 0) is 12.1 Å². The molecule has 3 rings (SSSR count). The van der Waals surface area contributed by atoms with E-state index in [0.717, 1.165) is 0 Å². The van der Waals surface area contributed by atoms with E-state index in [0.29, 0.717) is 23.5 Å². The number of nitrogens with one attached hydrogen (secondary N) is 2. The van der Waals surface area contributed by atoms with Gasteiger partial charge in [0.15, 0.2) is 5.65 Å². The summed E-state index contributed by atoms with van der Waals surface area (Å²) < 4.78 is 1.77. The molecule has 6 nitrogen and oxygen atoms in total. The number of hydrogen-bond acceptors (Lipinski definition) is 5. The summed E-state index contributed by atoms with van der Waals surface area (Å²) in [6.07, 6.45) is 1.56. The van der Waals surface area contributed by atoms with Crippen LogP contribution in [0.25, 0.3) is 11.0 Å². The van der Waals surface area contributed by atoms with Crippen molar-refractivity contribution < 1.29 is 0 Å². The molecule has 3 aromatic rings. The van der Waals surface area contributed by atoms with Gasteiger partial charge in [-0.1, -0.05) is 6.07 Å². The molecule has 3 aromatic heterocycles. The Morgan fingerprint density at radius 3 is 2.90 bits per heavy atom. The Morgan fingerprint density at radius 1 is 1.43 bits per heavy atom. The second-order valence-corrected chi connectivity index (χ2v) is 6.84. The second kappa shape index (κ2) is 5.00. The van der Waals surface area contributed by atoms with Gasteiger partial charge in [0.05, 0.1) is 18.3 Å². The van der Waals surface area contributed by atoms with Crippen LogP contribution in [0, 0.1) is 0 Å². The van der Waals surface area contributed by atoms with Gasteiger partial charge in [-0.25, -0.2) is 4.68 Å². The van der Waals surface area contributed by atoms with E-state index in [-0.39, 0.29) is 11.1 Å². The smallest absolute Gasteiger partial charge is 0.263 e. The molecular formula is C14H17N5OS. The van der Waals surface area contributed by atoms with Crippen LogP contribution in [0.3, 0.4) is 0 Å². The molecular weight excluding hydrogens is 286 g/mol. The second-order valence-electron chi connectivity index (χ2n) is 5.81. The molecule has 0 spiro atoms. The molecule has 7 heteroatoms. The summed E-state index contributed by atoms with van der Waals surface area (Å²) in [6.45, 7) is 6.72. The van der Waals surface area contributed by atoms with E-state index < -0.39 is 0 Å². The van der Waals surface area contributed by atoms with E-state index in [9.17, 15) is 4.79 Å². The quantitative estimate of drug-likeness (QED) is 0.779. The highest BCUT2D eigenvalue weighted by Gasteiger charge is 2.19. The Bertz CT molecular complexity index is 810. The predicted molar refractivity (Wildman–Crippen MR) is 84.8 cm³/mol. The number of aromatic amines is 1. The summed E-state index contributed by atoms with van der Waals surface area (Å²) >= 11 is 1.66.